The Morgan fingerprint density at radius 1 is 1.18 bits per heavy atom. The molecule has 0 aliphatic heterocycles. The van der Waals surface area contributed by atoms with E-state index in [-0.39, 0.29) is 0 Å². The molecule has 0 amide bonds. The Bertz CT molecular complexity index is 464. The lowest BCUT2D eigenvalue weighted by Crippen LogP contribution is -2.04. The summed E-state index contributed by atoms with van der Waals surface area (Å²) in [6, 6.07) is 3.78. The number of anilines is 1. The molecule has 0 heterocycles. The summed E-state index contributed by atoms with van der Waals surface area (Å²) in [5, 5.41) is 0. The van der Waals surface area contributed by atoms with Crippen LogP contribution >= 0.6 is 0 Å². The van der Waals surface area contributed by atoms with Gasteiger partial charge in [-0.2, -0.15) is 0 Å². The van der Waals surface area contributed by atoms with Crippen LogP contribution in [0.1, 0.15) is 17.9 Å². The van der Waals surface area contributed by atoms with Gasteiger partial charge in [-0.25, -0.2) is 0 Å². The summed E-state index contributed by atoms with van der Waals surface area (Å²) in [6.45, 7) is 0. The number of allylic oxidation sites excluding steroid dienone is 4. The quantitative estimate of drug-likeness (QED) is 0.813. The maximum Gasteiger partial charge on any atom is 0.145 e. The summed E-state index contributed by atoms with van der Waals surface area (Å²) in [6.07, 6.45) is 9.32. The van der Waals surface area contributed by atoms with E-state index in [1.54, 1.807) is 20.3 Å². The van der Waals surface area contributed by atoms with Crippen LogP contribution in [-0.2, 0) is 0 Å². The maximum absolute atomic E-state index is 6.11. The molecule has 3 heteroatoms. The number of nitrogens with two attached hydrogens (primary N) is 1. The number of hydrogen-bond donors (Lipinski definition) is 1. The first-order valence-electron chi connectivity index (χ1n) is 5.61. The standard InChI is InChI=1S/C14H17NO2/c1-16-11-8-12(10-6-4-3-5-7-10)14(15)13(9-11)17-2/h3-6,8-10H,7,15H2,1-2H3. The first-order chi connectivity index (χ1) is 8.26. The van der Waals surface area contributed by atoms with Crippen molar-refractivity contribution in [3.8, 4) is 11.5 Å². The average Bonchev–Trinajstić information content (AvgIpc) is 2.40. The molecule has 0 spiro atoms. The van der Waals surface area contributed by atoms with E-state index in [1.807, 2.05) is 18.2 Å². The van der Waals surface area contributed by atoms with E-state index in [2.05, 4.69) is 12.2 Å². The van der Waals surface area contributed by atoms with E-state index < -0.39 is 0 Å². The lowest BCUT2D eigenvalue weighted by molar-refractivity contribution is 0.394. The van der Waals surface area contributed by atoms with Gasteiger partial charge in [-0.05, 0) is 18.1 Å². The molecule has 0 bridgehead atoms. The lowest BCUT2D eigenvalue weighted by atomic mass is 9.91. The predicted molar refractivity (Wildman–Crippen MR) is 69.6 cm³/mol. The van der Waals surface area contributed by atoms with Gasteiger partial charge >= 0.3 is 0 Å². The van der Waals surface area contributed by atoms with Crippen LogP contribution in [-0.4, -0.2) is 14.2 Å². The zero-order chi connectivity index (χ0) is 12.3. The largest absolute Gasteiger partial charge is 0.497 e. The summed E-state index contributed by atoms with van der Waals surface area (Å²) in [4.78, 5) is 0. The maximum atomic E-state index is 6.11. The highest BCUT2D eigenvalue weighted by Gasteiger charge is 2.16. The van der Waals surface area contributed by atoms with Crippen LogP contribution in [0.5, 0.6) is 11.5 Å². The Morgan fingerprint density at radius 3 is 2.59 bits per heavy atom. The summed E-state index contributed by atoms with van der Waals surface area (Å²) < 4.78 is 10.5. The molecule has 1 unspecified atom stereocenters. The minimum absolute atomic E-state index is 0.295. The second-order valence-electron chi connectivity index (χ2n) is 3.99. The van der Waals surface area contributed by atoms with E-state index in [0.29, 0.717) is 17.4 Å². The first-order valence-corrected chi connectivity index (χ1v) is 5.61. The van der Waals surface area contributed by atoms with Crippen LogP contribution in [0.2, 0.25) is 0 Å². The number of methoxy groups -OCH3 is 2. The molecule has 1 aromatic carbocycles. The fraction of sp³-hybridized carbons (Fsp3) is 0.286. The van der Waals surface area contributed by atoms with Crippen LogP contribution in [0.15, 0.2) is 36.4 Å². The van der Waals surface area contributed by atoms with Gasteiger partial charge in [0, 0.05) is 12.0 Å². The van der Waals surface area contributed by atoms with E-state index in [1.165, 1.54) is 0 Å². The summed E-state index contributed by atoms with van der Waals surface area (Å²) in [7, 11) is 3.26. The van der Waals surface area contributed by atoms with Crippen molar-refractivity contribution in [3.63, 3.8) is 0 Å². The molecule has 90 valence electrons. The Kier molecular flexibility index (Phi) is 3.38. The molecule has 0 fully saturated rings. The molecule has 1 aliphatic rings. The highest BCUT2D eigenvalue weighted by molar-refractivity contribution is 5.63. The monoisotopic (exact) mass is 231 g/mol. The van der Waals surface area contributed by atoms with Crippen molar-refractivity contribution < 1.29 is 9.47 Å². The minimum Gasteiger partial charge on any atom is -0.497 e. The smallest absolute Gasteiger partial charge is 0.145 e. The zero-order valence-corrected chi connectivity index (χ0v) is 10.1. The molecule has 0 saturated carbocycles. The molecule has 1 aliphatic carbocycles. The molecule has 0 aromatic heterocycles. The first kappa shape index (κ1) is 11.6. The van der Waals surface area contributed by atoms with Gasteiger partial charge in [0.15, 0.2) is 0 Å². The van der Waals surface area contributed by atoms with E-state index >= 15 is 0 Å². The second kappa shape index (κ2) is 4.95. The molecule has 0 saturated heterocycles. The van der Waals surface area contributed by atoms with E-state index in [4.69, 9.17) is 15.2 Å². The van der Waals surface area contributed by atoms with Gasteiger partial charge in [-0.1, -0.05) is 24.3 Å². The highest BCUT2D eigenvalue weighted by Crippen LogP contribution is 2.38. The van der Waals surface area contributed by atoms with Gasteiger partial charge < -0.3 is 15.2 Å². The molecule has 3 nitrogen and oxygen atoms in total. The third-order valence-corrected chi connectivity index (χ3v) is 2.98. The molecular weight excluding hydrogens is 214 g/mol. The Morgan fingerprint density at radius 2 is 2.00 bits per heavy atom. The zero-order valence-electron chi connectivity index (χ0n) is 10.1. The lowest BCUT2D eigenvalue weighted by Gasteiger charge is -2.19. The molecule has 2 N–H and O–H groups in total. The third kappa shape index (κ3) is 2.28. The number of benzene rings is 1. The second-order valence-corrected chi connectivity index (χ2v) is 3.99. The van der Waals surface area contributed by atoms with Crippen molar-refractivity contribution in [2.75, 3.05) is 20.0 Å². The Balaban J connectivity index is 2.44. The van der Waals surface area contributed by atoms with Crippen molar-refractivity contribution >= 4 is 5.69 Å². The van der Waals surface area contributed by atoms with Crippen LogP contribution in [0.4, 0.5) is 5.69 Å². The third-order valence-electron chi connectivity index (χ3n) is 2.98. The van der Waals surface area contributed by atoms with Gasteiger partial charge in [0.25, 0.3) is 0 Å². The van der Waals surface area contributed by atoms with E-state index in [9.17, 15) is 0 Å². The van der Waals surface area contributed by atoms with Crippen LogP contribution in [0.25, 0.3) is 0 Å². The van der Waals surface area contributed by atoms with Gasteiger partial charge in [0.2, 0.25) is 0 Å². The van der Waals surface area contributed by atoms with E-state index in [0.717, 1.165) is 17.7 Å². The SMILES string of the molecule is COc1cc(OC)c(N)c(C2C=CC=CC2)c1. The Hall–Kier alpha value is -1.90. The fourth-order valence-electron chi connectivity index (χ4n) is 2.03. The van der Waals surface area contributed by atoms with Gasteiger partial charge in [0.05, 0.1) is 19.9 Å². The molecule has 2 rings (SSSR count). The predicted octanol–water partition coefficient (Wildman–Crippen LogP) is 2.89. The normalized spacial score (nSPS) is 18.1. The van der Waals surface area contributed by atoms with Crippen LogP contribution in [0, 0.1) is 0 Å². The van der Waals surface area contributed by atoms with Gasteiger partial charge in [-0.3, -0.25) is 0 Å². The molecule has 0 radical (unpaired) electrons. The summed E-state index contributed by atoms with van der Waals surface area (Å²) in [5.74, 6) is 1.74. The highest BCUT2D eigenvalue weighted by atomic mass is 16.5. The molecular formula is C14H17NO2. The van der Waals surface area contributed by atoms with Crippen LogP contribution in [0.3, 0.4) is 0 Å². The van der Waals surface area contributed by atoms with Crippen molar-refractivity contribution in [1.29, 1.82) is 0 Å². The number of nitrogen functional groups attached to an aromatic ring is 1. The molecule has 1 atom stereocenters. The van der Waals surface area contributed by atoms with Gasteiger partial charge in [-0.15, -0.1) is 0 Å². The number of hydrogen-bond acceptors (Lipinski definition) is 3. The summed E-state index contributed by atoms with van der Waals surface area (Å²) >= 11 is 0. The van der Waals surface area contributed by atoms with Crippen molar-refractivity contribution in [2.45, 2.75) is 12.3 Å². The van der Waals surface area contributed by atoms with Crippen molar-refractivity contribution in [3.05, 3.63) is 42.0 Å². The molecule has 17 heavy (non-hydrogen) atoms. The molecule has 1 aromatic rings. The topological polar surface area (TPSA) is 44.5 Å². The Labute approximate surface area is 102 Å². The van der Waals surface area contributed by atoms with Gasteiger partial charge in [0.1, 0.15) is 11.5 Å². The minimum atomic E-state index is 0.295. The summed E-state index contributed by atoms with van der Waals surface area (Å²) in [5.41, 5.74) is 7.86. The average molecular weight is 231 g/mol. The van der Waals surface area contributed by atoms with Crippen molar-refractivity contribution in [1.82, 2.24) is 0 Å². The van der Waals surface area contributed by atoms with Crippen molar-refractivity contribution in [2.24, 2.45) is 0 Å². The number of ether oxygens (including phenoxy) is 2. The number of rotatable bonds is 3. The fourth-order valence-corrected chi connectivity index (χ4v) is 2.03. The van der Waals surface area contributed by atoms with Crippen LogP contribution < -0.4 is 15.2 Å².